The number of rotatable bonds is 5. The highest BCUT2D eigenvalue weighted by Gasteiger charge is 2.25. The molecule has 134 valence electrons. The molecule has 1 atom stereocenters. The van der Waals surface area contributed by atoms with Gasteiger partial charge in [0.1, 0.15) is 11.3 Å². The van der Waals surface area contributed by atoms with E-state index in [0.717, 1.165) is 17.6 Å². The highest BCUT2D eigenvalue weighted by atomic mass is 19.1. The van der Waals surface area contributed by atoms with Crippen LogP contribution in [0, 0.1) is 11.7 Å². The van der Waals surface area contributed by atoms with Gasteiger partial charge in [0.2, 0.25) is 0 Å². The average molecular weight is 348 g/mol. The van der Waals surface area contributed by atoms with E-state index in [4.69, 9.17) is 0 Å². The molecule has 0 aliphatic heterocycles. The van der Waals surface area contributed by atoms with Crippen LogP contribution >= 0.6 is 0 Å². The van der Waals surface area contributed by atoms with Crippen molar-refractivity contribution in [1.29, 1.82) is 0 Å². The second kappa shape index (κ2) is 7.86. The zero-order valence-electron chi connectivity index (χ0n) is 15.0. The summed E-state index contributed by atoms with van der Waals surface area (Å²) in [6.07, 6.45) is 8.31. The Hall–Kier alpha value is -2.42. The van der Waals surface area contributed by atoms with E-state index in [0.29, 0.717) is 17.4 Å². The van der Waals surface area contributed by atoms with Gasteiger partial charge in [-0.1, -0.05) is 61.7 Å². The van der Waals surface area contributed by atoms with E-state index in [-0.39, 0.29) is 5.82 Å². The van der Waals surface area contributed by atoms with Gasteiger partial charge in [-0.3, -0.25) is 4.98 Å². The van der Waals surface area contributed by atoms with E-state index in [1.165, 1.54) is 43.7 Å². The first-order valence-electron chi connectivity index (χ1n) is 9.65. The van der Waals surface area contributed by atoms with Gasteiger partial charge in [-0.05, 0) is 36.5 Å². The number of anilines is 1. The van der Waals surface area contributed by atoms with Crippen LogP contribution in [0.5, 0.6) is 0 Å². The van der Waals surface area contributed by atoms with Crippen molar-refractivity contribution in [3.05, 3.63) is 72.2 Å². The zero-order chi connectivity index (χ0) is 17.8. The van der Waals surface area contributed by atoms with Crippen molar-refractivity contribution in [1.82, 2.24) is 4.98 Å². The smallest absolute Gasteiger partial charge is 0.149 e. The van der Waals surface area contributed by atoms with Gasteiger partial charge in [0, 0.05) is 29.7 Å². The zero-order valence-corrected chi connectivity index (χ0v) is 15.0. The van der Waals surface area contributed by atoms with Crippen molar-refractivity contribution in [2.45, 2.75) is 38.0 Å². The van der Waals surface area contributed by atoms with E-state index in [2.05, 4.69) is 40.6 Å². The van der Waals surface area contributed by atoms with Crippen LogP contribution in [0.15, 0.2) is 60.8 Å². The number of para-hydroxylation sites is 1. The van der Waals surface area contributed by atoms with Crippen molar-refractivity contribution in [2.75, 3.05) is 11.9 Å². The number of halogens is 1. The molecule has 0 radical (unpaired) electrons. The van der Waals surface area contributed by atoms with Crippen molar-refractivity contribution >= 4 is 16.6 Å². The van der Waals surface area contributed by atoms with Gasteiger partial charge in [-0.15, -0.1) is 0 Å². The third-order valence-corrected chi connectivity index (χ3v) is 5.68. The van der Waals surface area contributed by atoms with Gasteiger partial charge in [-0.25, -0.2) is 4.39 Å². The number of benzene rings is 2. The Morgan fingerprint density at radius 2 is 1.77 bits per heavy atom. The minimum absolute atomic E-state index is 0.266. The van der Waals surface area contributed by atoms with E-state index >= 15 is 0 Å². The lowest BCUT2D eigenvalue weighted by Crippen LogP contribution is -2.23. The Balaban J connectivity index is 1.60. The largest absolute Gasteiger partial charge is 0.384 e. The summed E-state index contributed by atoms with van der Waals surface area (Å²) in [6, 6.07) is 17.9. The molecule has 26 heavy (non-hydrogen) atoms. The summed E-state index contributed by atoms with van der Waals surface area (Å²) in [5.74, 6) is 0.926. The van der Waals surface area contributed by atoms with Crippen LogP contribution in [0.1, 0.15) is 43.6 Å². The van der Waals surface area contributed by atoms with Crippen LogP contribution in [0.25, 0.3) is 10.9 Å². The van der Waals surface area contributed by atoms with Crippen LogP contribution in [-0.2, 0) is 0 Å². The molecule has 1 fully saturated rings. The van der Waals surface area contributed by atoms with E-state index in [1.807, 2.05) is 12.1 Å². The highest BCUT2D eigenvalue weighted by molar-refractivity contribution is 5.91. The number of hydrogen-bond acceptors (Lipinski definition) is 2. The van der Waals surface area contributed by atoms with Crippen molar-refractivity contribution in [2.24, 2.45) is 5.92 Å². The quantitative estimate of drug-likeness (QED) is 0.598. The number of fused-ring (bicyclic) bond motifs is 1. The number of aromatic nitrogens is 1. The minimum Gasteiger partial charge on any atom is -0.384 e. The van der Waals surface area contributed by atoms with E-state index in [9.17, 15) is 4.39 Å². The predicted octanol–water partition coefficient (Wildman–Crippen LogP) is 6.15. The molecule has 3 heteroatoms. The van der Waals surface area contributed by atoms with Crippen LogP contribution in [-0.4, -0.2) is 11.5 Å². The molecule has 1 saturated carbocycles. The fourth-order valence-electron chi connectivity index (χ4n) is 4.31. The Morgan fingerprint density at radius 3 is 2.58 bits per heavy atom. The summed E-state index contributed by atoms with van der Waals surface area (Å²) in [5.41, 5.74) is 2.80. The van der Waals surface area contributed by atoms with Crippen LogP contribution in [0.4, 0.5) is 10.1 Å². The van der Waals surface area contributed by atoms with Crippen molar-refractivity contribution in [3.8, 4) is 0 Å². The molecule has 3 aromatic rings. The molecule has 1 aromatic heterocycles. The Kier molecular flexibility index (Phi) is 5.14. The lowest BCUT2D eigenvalue weighted by atomic mass is 9.76. The van der Waals surface area contributed by atoms with E-state index in [1.54, 1.807) is 12.3 Å². The first-order valence-corrected chi connectivity index (χ1v) is 9.65. The van der Waals surface area contributed by atoms with Crippen LogP contribution in [0.3, 0.4) is 0 Å². The fourth-order valence-corrected chi connectivity index (χ4v) is 4.31. The first-order chi connectivity index (χ1) is 12.8. The predicted molar refractivity (Wildman–Crippen MR) is 106 cm³/mol. The molecule has 1 N–H and O–H groups in total. The topological polar surface area (TPSA) is 24.9 Å². The second-order valence-electron chi connectivity index (χ2n) is 7.29. The Morgan fingerprint density at radius 1 is 0.962 bits per heavy atom. The SMILES string of the molecule is Fc1cccc2c(NCC(c3ccccc3)C3CCCCC3)ccnc12. The lowest BCUT2D eigenvalue weighted by molar-refractivity contribution is 0.311. The minimum atomic E-state index is -0.266. The maximum atomic E-state index is 14.0. The molecular formula is C23H25FN2. The summed E-state index contributed by atoms with van der Waals surface area (Å²) in [7, 11) is 0. The van der Waals surface area contributed by atoms with Gasteiger partial charge in [0.25, 0.3) is 0 Å². The maximum absolute atomic E-state index is 14.0. The summed E-state index contributed by atoms with van der Waals surface area (Å²) >= 11 is 0. The van der Waals surface area contributed by atoms with Crippen molar-refractivity contribution in [3.63, 3.8) is 0 Å². The van der Waals surface area contributed by atoms with Crippen molar-refractivity contribution < 1.29 is 4.39 Å². The van der Waals surface area contributed by atoms with Crippen LogP contribution < -0.4 is 5.32 Å². The maximum Gasteiger partial charge on any atom is 0.149 e. The number of hydrogen-bond donors (Lipinski definition) is 1. The number of nitrogens with one attached hydrogen (secondary N) is 1. The second-order valence-corrected chi connectivity index (χ2v) is 7.29. The Bertz CT molecular complexity index is 856. The average Bonchev–Trinajstić information content (AvgIpc) is 2.70. The molecule has 4 rings (SSSR count). The van der Waals surface area contributed by atoms with Gasteiger partial charge >= 0.3 is 0 Å². The van der Waals surface area contributed by atoms with Crippen LogP contribution in [0.2, 0.25) is 0 Å². The molecule has 2 aromatic carbocycles. The molecule has 0 saturated heterocycles. The molecule has 1 unspecified atom stereocenters. The number of nitrogens with zero attached hydrogens (tertiary/aromatic N) is 1. The highest BCUT2D eigenvalue weighted by Crippen LogP contribution is 2.36. The molecule has 0 amide bonds. The van der Waals surface area contributed by atoms with Gasteiger partial charge < -0.3 is 5.32 Å². The molecule has 1 heterocycles. The summed E-state index contributed by atoms with van der Waals surface area (Å²) < 4.78 is 14.0. The third kappa shape index (κ3) is 3.57. The van der Waals surface area contributed by atoms with Gasteiger partial charge in [-0.2, -0.15) is 0 Å². The Labute approximate surface area is 154 Å². The summed E-state index contributed by atoms with van der Waals surface area (Å²) in [4.78, 5) is 4.20. The monoisotopic (exact) mass is 348 g/mol. The fraction of sp³-hybridized carbons (Fsp3) is 0.348. The molecule has 1 aliphatic rings. The lowest BCUT2D eigenvalue weighted by Gasteiger charge is -2.31. The molecule has 1 aliphatic carbocycles. The van der Waals surface area contributed by atoms with Gasteiger partial charge in [0.15, 0.2) is 0 Å². The summed E-state index contributed by atoms with van der Waals surface area (Å²) in [5, 5.41) is 4.45. The van der Waals surface area contributed by atoms with E-state index < -0.39 is 0 Å². The first kappa shape index (κ1) is 17.0. The number of pyridine rings is 1. The third-order valence-electron chi connectivity index (χ3n) is 5.68. The molecule has 0 spiro atoms. The summed E-state index contributed by atoms with van der Waals surface area (Å²) in [6.45, 7) is 0.865. The standard InChI is InChI=1S/C23H25FN2/c24-21-13-7-12-19-22(14-15-25-23(19)21)26-16-20(17-8-3-1-4-9-17)18-10-5-2-6-11-18/h1,3-4,7-9,12-15,18,20H,2,5-6,10-11,16H2,(H,25,26). The molecule has 2 nitrogen and oxygen atoms in total. The normalized spacial score (nSPS) is 16.5. The molecular weight excluding hydrogens is 323 g/mol. The molecule has 0 bridgehead atoms. The van der Waals surface area contributed by atoms with Gasteiger partial charge in [0.05, 0.1) is 0 Å².